The Labute approximate surface area is 252 Å². The number of hydrogen-bond acceptors (Lipinski definition) is 6. The second-order valence-electron chi connectivity index (χ2n) is 16.0. The van der Waals surface area contributed by atoms with Crippen molar-refractivity contribution < 1.29 is 19.1 Å². The fourth-order valence-corrected chi connectivity index (χ4v) is 11.7. The predicted molar refractivity (Wildman–Crippen MR) is 160 cm³/mol. The Hall–Kier alpha value is -1.51. The van der Waals surface area contributed by atoms with Gasteiger partial charge in [0.15, 0.2) is 0 Å². The molecule has 7 aliphatic rings. The fourth-order valence-electron chi connectivity index (χ4n) is 11.7. The smallest absolute Gasteiger partial charge is 0.232 e. The highest BCUT2D eigenvalue weighted by atomic mass is 16.5. The fraction of sp³-hybridized carbons (Fsp3) is 0.912. The van der Waals surface area contributed by atoms with Crippen molar-refractivity contribution in [2.24, 2.45) is 52.3 Å². The Kier molecular flexibility index (Phi) is 7.33. The standard InChI is InChI=1S/C34H54N4O4/c1-20-7-10-34(36-19-20)21(2)31-27(42-34)16-26-24-6-5-22-15-23(37-29(40)18-30(41)38-13-11-35-12-14-38)8-9-32(22,3)25(24)17-28(39)33(26,31)4/h20-27,31,35-36H,5-19H2,1-4H3,(H,37,40)/t20-,21-,22+,23+,24+,25-,26-,27-,31-,32-,33+,34+/m0/s1. The zero-order valence-electron chi connectivity index (χ0n) is 26.4. The number of piperidine rings is 1. The average molecular weight is 583 g/mol. The minimum absolute atomic E-state index is 0.0451. The predicted octanol–water partition coefficient (Wildman–Crippen LogP) is 3.49. The summed E-state index contributed by atoms with van der Waals surface area (Å²) in [5.74, 6) is 3.64. The van der Waals surface area contributed by atoms with Crippen LogP contribution in [0.25, 0.3) is 0 Å². The van der Waals surface area contributed by atoms with Gasteiger partial charge in [-0.25, -0.2) is 0 Å². The number of fused-ring (bicyclic) bond motifs is 7. The molecule has 8 nitrogen and oxygen atoms in total. The lowest BCUT2D eigenvalue weighted by atomic mass is 9.44. The topological polar surface area (TPSA) is 99.8 Å². The van der Waals surface area contributed by atoms with Gasteiger partial charge >= 0.3 is 0 Å². The minimum Gasteiger partial charge on any atom is -0.357 e. The van der Waals surface area contributed by atoms with Gasteiger partial charge in [0.1, 0.15) is 17.9 Å². The van der Waals surface area contributed by atoms with Crippen molar-refractivity contribution in [1.82, 2.24) is 20.9 Å². The first kappa shape index (κ1) is 29.2. The number of ether oxygens (including phenoxy) is 1. The Morgan fingerprint density at radius 2 is 1.81 bits per heavy atom. The zero-order chi connectivity index (χ0) is 29.4. The number of ketones is 1. The van der Waals surface area contributed by atoms with Crippen LogP contribution in [0, 0.1) is 52.3 Å². The lowest BCUT2D eigenvalue weighted by Crippen LogP contribution is -2.60. The Morgan fingerprint density at radius 1 is 1.02 bits per heavy atom. The summed E-state index contributed by atoms with van der Waals surface area (Å²) in [6.45, 7) is 13.4. The number of nitrogens with zero attached hydrogens (tertiary/aromatic N) is 1. The van der Waals surface area contributed by atoms with Gasteiger partial charge in [-0.15, -0.1) is 0 Å². The van der Waals surface area contributed by atoms with Crippen molar-refractivity contribution in [2.45, 2.75) is 110 Å². The number of piperazine rings is 1. The van der Waals surface area contributed by atoms with Crippen LogP contribution in [-0.2, 0) is 19.1 Å². The first-order valence-corrected chi connectivity index (χ1v) is 17.3. The molecule has 7 rings (SSSR count). The molecule has 0 radical (unpaired) electrons. The molecule has 3 saturated heterocycles. The van der Waals surface area contributed by atoms with Crippen LogP contribution in [0.1, 0.15) is 91.9 Å². The number of hydrogen-bond donors (Lipinski definition) is 3. The molecule has 234 valence electrons. The maximum atomic E-state index is 14.4. The quantitative estimate of drug-likeness (QED) is 0.441. The molecular weight excluding hydrogens is 528 g/mol. The molecule has 3 aliphatic heterocycles. The van der Waals surface area contributed by atoms with Gasteiger partial charge in [-0.05, 0) is 86.4 Å². The molecule has 2 amide bonds. The third kappa shape index (κ3) is 4.43. The van der Waals surface area contributed by atoms with E-state index < -0.39 is 0 Å². The van der Waals surface area contributed by atoms with Gasteiger partial charge in [-0.1, -0.05) is 27.7 Å². The normalized spacial score (nSPS) is 50.0. The van der Waals surface area contributed by atoms with E-state index >= 15 is 0 Å². The summed E-state index contributed by atoms with van der Waals surface area (Å²) in [7, 11) is 0. The average Bonchev–Trinajstić information content (AvgIpc) is 3.42. The number of rotatable bonds is 3. The lowest BCUT2D eigenvalue weighted by molar-refractivity contribution is -0.160. The molecule has 3 N–H and O–H groups in total. The van der Waals surface area contributed by atoms with Crippen LogP contribution in [-0.4, -0.2) is 73.1 Å². The maximum absolute atomic E-state index is 14.4. The van der Waals surface area contributed by atoms with Crippen molar-refractivity contribution >= 4 is 17.6 Å². The highest BCUT2D eigenvalue weighted by molar-refractivity contribution is 5.97. The van der Waals surface area contributed by atoms with E-state index in [0.717, 1.165) is 51.7 Å². The second-order valence-corrected chi connectivity index (χ2v) is 16.0. The van der Waals surface area contributed by atoms with Crippen molar-refractivity contribution in [3.63, 3.8) is 0 Å². The molecule has 0 aromatic rings. The Morgan fingerprint density at radius 3 is 2.55 bits per heavy atom. The molecule has 8 heteroatoms. The highest BCUT2D eigenvalue weighted by Gasteiger charge is 2.71. The Bertz CT molecular complexity index is 1100. The van der Waals surface area contributed by atoms with Crippen LogP contribution < -0.4 is 16.0 Å². The van der Waals surface area contributed by atoms with E-state index in [-0.39, 0.29) is 46.9 Å². The second kappa shape index (κ2) is 10.5. The van der Waals surface area contributed by atoms with E-state index in [9.17, 15) is 14.4 Å². The summed E-state index contributed by atoms with van der Waals surface area (Å²) in [6.07, 6.45) is 9.50. The van der Waals surface area contributed by atoms with Crippen LogP contribution in [0.3, 0.4) is 0 Å². The van der Waals surface area contributed by atoms with Crippen molar-refractivity contribution in [1.29, 1.82) is 0 Å². The molecular formula is C34H54N4O4. The van der Waals surface area contributed by atoms with Crippen molar-refractivity contribution in [3.8, 4) is 0 Å². The lowest BCUT2D eigenvalue weighted by Gasteiger charge is -2.60. The molecule has 42 heavy (non-hydrogen) atoms. The molecule has 7 fully saturated rings. The molecule has 0 unspecified atom stereocenters. The summed E-state index contributed by atoms with van der Waals surface area (Å²) in [4.78, 5) is 41.6. The van der Waals surface area contributed by atoms with Crippen LogP contribution in [0.4, 0.5) is 0 Å². The molecule has 0 aromatic heterocycles. The first-order chi connectivity index (χ1) is 20.0. The zero-order valence-corrected chi connectivity index (χ0v) is 26.4. The molecule has 12 atom stereocenters. The molecule has 0 bridgehead atoms. The van der Waals surface area contributed by atoms with Gasteiger partial charge < -0.3 is 20.3 Å². The summed E-state index contributed by atoms with van der Waals surface area (Å²) in [6, 6.07) is 0.134. The van der Waals surface area contributed by atoms with E-state index in [4.69, 9.17) is 4.74 Å². The summed E-state index contributed by atoms with van der Waals surface area (Å²) >= 11 is 0. The van der Waals surface area contributed by atoms with Gasteiger partial charge in [-0.2, -0.15) is 0 Å². The number of carbonyl (C=O) groups excluding carboxylic acids is 3. The summed E-state index contributed by atoms with van der Waals surface area (Å²) in [5, 5.41) is 10.3. The molecule has 1 spiro atoms. The number of Topliss-reactive ketones (excluding diaryl/α,β-unsaturated/α-hetero) is 1. The number of carbonyl (C=O) groups is 3. The largest absolute Gasteiger partial charge is 0.357 e. The number of amides is 2. The monoisotopic (exact) mass is 582 g/mol. The molecule has 4 aliphatic carbocycles. The van der Waals surface area contributed by atoms with Gasteiger partial charge in [0.2, 0.25) is 11.8 Å². The Balaban J connectivity index is 1.01. The van der Waals surface area contributed by atoms with Crippen molar-refractivity contribution in [3.05, 3.63) is 0 Å². The summed E-state index contributed by atoms with van der Waals surface area (Å²) < 4.78 is 6.97. The third-order valence-electron chi connectivity index (χ3n) is 14.2. The molecule has 0 aromatic carbocycles. The van der Waals surface area contributed by atoms with E-state index in [0.29, 0.717) is 66.7 Å². The van der Waals surface area contributed by atoms with E-state index in [1.807, 2.05) is 0 Å². The van der Waals surface area contributed by atoms with Crippen LogP contribution in [0.15, 0.2) is 0 Å². The van der Waals surface area contributed by atoms with Gasteiger partial charge in [0, 0.05) is 62.4 Å². The molecule has 4 saturated carbocycles. The SMILES string of the molecule is C[C@H]1CC[C@@]2(NC1)O[C@H]1C[C@H]3[C@@H]4CC[C@@H]5C[C@H](NC(=O)CC(=O)N6CCNCC6)CC[C@]5(C)[C@H]4CC(=O)[C@]3(C)[C@H]1[C@@H]2C. The van der Waals surface area contributed by atoms with Gasteiger partial charge in [0.25, 0.3) is 0 Å². The minimum atomic E-state index is -0.273. The highest BCUT2D eigenvalue weighted by Crippen LogP contribution is 2.70. The number of nitrogens with one attached hydrogen (secondary N) is 3. The first-order valence-electron chi connectivity index (χ1n) is 17.3. The van der Waals surface area contributed by atoms with Gasteiger partial charge in [0.05, 0.1) is 6.10 Å². The van der Waals surface area contributed by atoms with Crippen molar-refractivity contribution in [2.75, 3.05) is 32.7 Å². The van der Waals surface area contributed by atoms with E-state index in [1.165, 1.54) is 19.3 Å². The van der Waals surface area contributed by atoms with E-state index in [1.54, 1.807) is 4.90 Å². The maximum Gasteiger partial charge on any atom is 0.232 e. The van der Waals surface area contributed by atoms with Crippen LogP contribution in [0.5, 0.6) is 0 Å². The molecule has 3 heterocycles. The van der Waals surface area contributed by atoms with Gasteiger partial charge in [-0.3, -0.25) is 19.7 Å². The van der Waals surface area contributed by atoms with Crippen LogP contribution in [0.2, 0.25) is 0 Å². The third-order valence-corrected chi connectivity index (χ3v) is 14.2. The van der Waals surface area contributed by atoms with Crippen LogP contribution >= 0.6 is 0 Å². The summed E-state index contributed by atoms with van der Waals surface area (Å²) in [5.41, 5.74) is -0.371. The van der Waals surface area contributed by atoms with E-state index in [2.05, 4.69) is 43.6 Å².